The van der Waals surface area contributed by atoms with Gasteiger partial charge in [0.25, 0.3) is 0 Å². The zero-order chi connectivity index (χ0) is 12.1. The highest BCUT2D eigenvalue weighted by atomic mass is 35.5. The highest BCUT2D eigenvalue weighted by molar-refractivity contribution is 5.85. The molecule has 0 saturated carbocycles. The van der Waals surface area contributed by atoms with E-state index in [1.54, 1.807) is 7.05 Å². The van der Waals surface area contributed by atoms with Gasteiger partial charge in [-0.25, -0.2) is 0 Å². The fourth-order valence-electron chi connectivity index (χ4n) is 1.56. The van der Waals surface area contributed by atoms with Crippen molar-refractivity contribution in [2.45, 2.75) is 33.8 Å². The number of hydrogen-bond acceptors (Lipinski definition) is 3. The number of nitrogens with one attached hydrogen (secondary N) is 2. The molecular formula is C11H25ClN2O2. The Balaban J connectivity index is 0. The first-order valence-electron chi connectivity index (χ1n) is 5.40. The molecule has 16 heavy (non-hydrogen) atoms. The van der Waals surface area contributed by atoms with Crippen molar-refractivity contribution >= 4 is 18.3 Å². The standard InChI is InChI=1S/C11H24N2O2.ClH/c1-8(2)10(15)11(3,4)7-13-9(14)6-12-5;/h8,10,12,15H,6-7H2,1-5H3,(H,13,14);1H. The first kappa shape index (κ1) is 18.1. The van der Waals surface area contributed by atoms with Crippen LogP contribution in [0.3, 0.4) is 0 Å². The second kappa shape index (κ2) is 7.87. The average molecular weight is 253 g/mol. The van der Waals surface area contributed by atoms with Crippen molar-refractivity contribution in [3.05, 3.63) is 0 Å². The maximum Gasteiger partial charge on any atom is 0.233 e. The number of carbonyl (C=O) groups excluding carboxylic acids is 1. The van der Waals surface area contributed by atoms with Gasteiger partial charge in [0, 0.05) is 12.0 Å². The molecule has 5 heteroatoms. The first-order chi connectivity index (χ1) is 6.81. The molecule has 0 aromatic heterocycles. The molecule has 0 aromatic rings. The molecule has 0 aliphatic rings. The fourth-order valence-corrected chi connectivity index (χ4v) is 1.56. The minimum atomic E-state index is -0.410. The van der Waals surface area contributed by atoms with E-state index in [4.69, 9.17) is 0 Å². The van der Waals surface area contributed by atoms with Crippen molar-refractivity contribution in [2.75, 3.05) is 20.1 Å². The summed E-state index contributed by atoms with van der Waals surface area (Å²) < 4.78 is 0. The van der Waals surface area contributed by atoms with E-state index in [9.17, 15) is 9.90 Å². The molecule has 0 saturated heterocycles. The molecule has 1 unspecified atom stereocenters. The Labute approximate surface area is 105 Å². The first-order valence-corrected chi connectivity index (χ1v) is 5.40. The minimum absolute atomic E-state index is 0. The molecule has 0 heterocycles. The number of halogens is 1. The number of carbonyl (C=O) groups is 1. The zero-order valence-electron chi connectivity index (χ0n) is 10.8. The normalized spacial score (nSPS) is 13.2. The second-order valence-corrected chi connectivity index (χ2v) is 4.98. The van der Waals surface area contributed by atoms with Crippen molar-refractivity contribution in [2.24, 2.45) is 11.3 Å². The van der Waals surface area contributed by atoms with E-state index in [0.29, 0.717) is 13.1 Å². The summed E-state index contributed by atoms with van der Waals surface area (Å²) in [6, 6.07) is 0. The third kappa shape index (κ3) is 6.30. The van der Waals surface area contributed by atoms with Gasteiger partial charge in [0.15, 0.2) is 0 Å². The number of amides is 1. The lowest BCUT2D eigenvalue weighted by Gasteiger charge is -2.33. The van der Waals surface area contributed by atoms with E-state index in [1.165, 1.54) is 0 Å². The van der Waals surface area contributed by atoms with Crippen LogP contribution in [0.25, 0.3) is 0 Å². The highest BCUT2D eigenvalue weighted by Gasteiger charge is 2.30. The minimum Gasteiger partial charge on any atom is -0.392 e. The maximum atomic E-state index is 11.2. The van der Waals surface area contributed by atoms with Gasteiger partial charge in [-0.2, -0.15) is 0 Å². The van der Waals surface area contributed by atoms with E-state index in [-0.39, 0.29) is 29.6 Å². The number of rotatable bonds is 6. The quantitative estimate of drug-likeness (QED) is 0.655. The summed E-state index contributed by atoms with van der Waals surface area (Å²) >= 11 is 0. The Bertz CT molecular complexity index is 208. The maximum absolute atomic E-state index is 11.2. The molecule has 0 rings (SSSR count). The second-order valence-electron chi connectivity index (χ2n) is 4.98. The summed E-state index contributed by atoms with van der Waals surface area (Å²) in [5.41, 5.74) is -0.294. The van der Waals surface area contributed by atoms with Gasteiger partial charge in [0.2, 0.25) is 5.91 Å². The largest absolute Gasteiger partial charge is 0.392 e. The number of hydrogen-bond donors (Lipinski definition) is 3. The van der Waals surface area contributed by atoms with Gasteiger partial charge in [-0.15, -0.1) is 12.4 Å². The van der Waals surface area contributed by atoms with E-state index >= 15 is 0 Å². The highest BCUT2D eigenvalue weighted by Crippen LogP contribution is 2.24. The van der Waals surface area contributed by atoms with Crippen LogP contribution in [0.1, 0.15) is 27.7 Å². The van der Waals surface area contributed by atoms with E-state index in [1.807, 2.05) is 27.7 Å². The number of likely N-dealkylation sites (N-methyl/N-ethyl adjacent to an activating group) is 1. The molecule has 4 nitrogen and oxygen atoms in total. The molecule has 1 amide bonds. The molecular weight excluding hydrogens is 228 g/mol. The smallest absolute Gasteiger partial charge is 0.233 e. The molecule has 0 aliphatic heterocycles. The molecule has 0 spiro atoms. The third-order valence-corrected chi connectivity index (χ3v) is 2.51. The monoisotopic (exact) mass is 252 g/mol. The van der Waals surface area contributed by atoms with Crippen LogP contribution in [-0.4, -0.2) is 37.3 Å². The molecule has 0 fully saturated rings. The predicted octanol–water partition coefficient (Wildman–Crippen LogP) is 0.787. The molecule has 1 atom stereocenters. The van der Waals surface area contributed by atoms with Gasteiger partial charge >= 0.3 is 0 Å². The average Bonchev–Trinajstić information content (AvgIpc) is 2.14. The van der Waals surface area contributed by atoms with Crippen LogP contribution in [0.15, 0.2) is 0 Å². The van der Waals surface area contributed by atoms with Gasteiger partial charge in [-0.3, -0.25) is 4.79 Å². The number of aliphatic hydroxyl groups excluding tert-OH is 1. The fraction of sp³-hybridized carbons (Fsp3) is 0.909. The van der Waals surface area contributed by atoms with Crippen LogP contribution in [-0.2, 0) is 4.79 Å². The summed E-state index contributed by atoms with van der Waals surface area (Å²) in [4.78, 5) is 11.2. The Kier molecular flexibility index (Phi) is 8.88. The lowest BCUT2D eigenvalue weighted by molar-refractivity contribution is -0.121. The van der Waals surface area contributed by atoms with Crippen LogP contribution < -0.4 is 10.6 Å². The molecule has 3 N–H and O–H groups in total. The van der Waals surface area contributed by atoms with Crippen molar-refractivity contribution in [1.29, 1.82) is 0 Å². The lowest BCUT2D eigenvalue weighted by Crippen LogP contribution is -2.45. The van der Waals surface area contributed by atoms with Crippen LogP contribution in [0.5, 0.6) is 0 Å². The third-order valence-electron chi connectivity index (χ3n) is 2.51. The van der Waals surface area contributed by atoms with Gasteiger partial charge in [-0.05, 0) is 13.0 Å². The topological polar surface area (TPSA) is 61.4 Å². The Morgan fingerprint density at radius 2 is 1.88 bits per heavy atom. The molecule has 0 aliphatic carbocycles. The molecule has 0 bridgehead atoms. The molecule has 0 radical (unpaired) electrons. The molecule has 0 aromatic carbocycles. The lowest BCUT2D eigenvalue weighted by atomic mass is 9.81. The Morgan fingerprint density at radius 3 is 2.25 bits per heavy atom. The van der Waals surface area contributed by atoms with Crippen LogP contribution in [0.2, 0.25) is 0 Å². The van der Waals surface area contributed by atoms with E-state index in [0.717, 1.165) is 0 Å². The van der Waals surface area contributed by atoms with Crippen molar-refractivity contribution < 1.29 is 9.90 Å². The van der Waals surface area contributed by atoms with E-state index < -0.39 is 6.10 Å². The van der Waals surface area contributed by atoms with E-state index in [2.05, 4.69) is 10.6 Å². The SMILES string of the molecule is CNCC(=O)NCC(C)(C)C(O)C(C)C.Cl. The van der Waals surface area contributed by atoms with Crippen LogP contribution >= 0.6 is 12.4 Å². The summed E-state index contributed by atoms with van der Waals surface area (Å²) in [5, 5.41) is 15.5. The van der Waals surface area contributed by atoms with Crippen LogP contribution in [0, 0.1) is 11.3 Å². The Hall–Kier alpha value is -0.320. The number of aliphatic hydroxyl groups is 1. The van der Waals surface area contributed by atoms with Gasteiger partial charge in [0.1, 0.15) is 0 Å². The summed E-state index contributed by atoms with van der Waals surface area (Å²) in [6.07, 6.45) is -0.410. The van der Waals surface area contributed by atoms with Gasteiger partial charge in [0.05, 0.1) is 12.6 Å². The van der Waals surface area contributed by atoms with Gasteiger partial charge < -0.3 is 15.7 Å². The summed E-state index contributed by atoms with van der Waals surface area (Å²) in [6.45, 7) is 8.67. The predicted molar refractivity (Wildman–Crippen MR) is 68.8 cm³/mol. The summed E-state index contributed by atoms with van der Waals surface area (Å²) in [7, 11) is 1.73. The van der Waals surface area contributed by atoms with Crippen molar-refractivity contribution in [3.8, 4) is 0 Å². The van der Waals surface area contributed by atoms with Crippen molar-refractivity contribution in [1.82, 2.24) is 10.6 Å². The van der Waals surface area contributed by atoms with Crippen molar-refractivity contribution in [3.63, 3.8) is 0 Å². The zero-order valence-corrected chi connectivity index (χ0v) is 11.6. The van der Waals surface area contributed by atoms with Gasteiger partial charge in [-0.1, -0.05) is 27.7 Å². The molecule has 98 valence electrons. The summed E-state index contributed by atoms with van der Waals surface area (Å²) in [5.74, 6) is 0.155. The van der Waals surface area contributed by atoms with Crippen LogP contribution in [0.4, 0.5) is 0 Å². The Morgan fingerprint density at radius 1 is 1.38 bits per heavy atom.